The van der Waals surface area contributed by atoms with E-state index in [1.165, 1.54) is 7.11 Å². The Hall–Kier alpha value is -2.95. The largest absolute Gasteiger partial charge is 0.465 e. The summed E-state index contributed by atoms with van der Waals surface area (Å²) in [7, 11) is 1.32. The van der Waals surface area contributed by atoms with Crippen molar-refractivity contribution in [2.45, 2.75) is 0 Å². The lowest BCUT2D eigenvalue weighted by Crippen LogP contribution is -2.11. The van der Waals surface area contributed by atoms with Crippen molar-refractivity contribution in [3.05, 3.63) is 64.4 Å². The van der Waals surface area contributed by atoms with Gasteiger partial charge in [0.25, 0.3) is 5.56 Å². The van der Waals surface area contributed by atoms with Crippen LogP contribution in [0.25, 0.3) is 22.3 Å². The van der Waals surface area contributed by atoms with Gasteiger partial charge < -0.3 is 9.72 Å². The van der Waals surface area contributed by atoms with Crippen LogP contribution in [0.1, 0.15) is 10.4 Å². The number of hydrogen-bond acceptors (Lipinski definition) is 4. The predicted octanol–water partition coefficient (Wildman–Crippen LogP) is 2.38. The van der Waals surface area contributed by atoms with E-state index in [0.29, 0.717) is 27.9 Å². The van der Waals surface area contributed by atoms with Crippen molar-refractivity contribution < 1.29 is 9.53 Å². The van der Waals surface area contributed by atoms with E-state index in [2.05, 4.69) is 9.97 Å². The maximum absolute atomic E-state index is 12.1. The van der Waals surface area contributed by atoms with Crippen molar-refractivity contribution in [3.63, 3.8) is 0 Å². The minimum absolute atomic E-state index is 0.240. The van der Waals surface area contributed by atoms with Gasteiger partial charge in [0.1, 0.15) is 5.82 Å². The highest BCUT2D eigenvalue weighted by Crippen LogP contribution is 2.21. The second-order valence-corrected chi connectivity index (χ2v) is 4.47. The number of fused-ring (bicyclic) bond motifs is 1. The molecule has 0 saturated carbocycles. The molecule has 1 heterocycles. The average Bonchev–Trinajstić information content (AvgIpc) is 2.54. The van der Waals surface area contributed by atoms with Gasteiger partial charge in [-0.25, -0.2) is 9.78 Å². The summed E-state index contributed by atoms with van der Waals surface area (Å²) in [5.41, 5.74) is 1.23. The van der Waals surface area contributed by atoms with Gasteiger partial charge in [0.05, 0.1) is 23.6 Å². The van der Waals surface area contributed by atoms with Gasteiger partial charge >= 0.3 is 5.97 Å². The van der Waals surface area contributed by atoms with Crippen molar-refractivity contribution in [2.75, 3.05) is 7.11 Å². The second-order valence-electron chi connectivity index (χ2n) is 4.47. The van der Waals surface area contributed by atoms with Crippen molar-refractivity contribution >= 4 is 16.9 Å². The number of esters is 1. The molecular formula is C16H12N2O3. The van der Waals surface area contributed by atoms with E-state index in [4.69, 9.17) is 4.74 Å². The molecule has 5 heteroatoms. The molecule has 0 fully saturated rings. The molecule has 3 aromatic rings. The highest BCUT2D eigenvalue weighted by atomic mass is 16.5. The van der Waals surface area contributed by atoms with Gasteiger partial charge in [-0.1, -0.05) is 30.3 Å². The number of methoxy groups -OCH3 is 1. The number of nitrogens with one attached hydrogen (secondary N) is 1. The lowest BCUT2D eigenvalue weighted by molar-refractivity contribution is 0.0601. The Bertz CT molecular complexity index is 884. The normalized spacial score (nSPS) is 10.5. The van der Waals surface area contributed by atoms with Crippen LogP contribution in [0.5, 0.6) is 0 Å². The van der Waals surface area contributed by atoms with E-state index in [1.807, 2.05) is 6.07 Å². The summed E-state index contributed by atoms with van der Waals surface area (Å²) < 4.78 is 4.76. The number of nitrogens with zero attached hydrogens (tertiary/aromatic N) is 1. The lowest BCUT2D eigenvalue weighted by Gasteiger charge is -2.07. The molecule has 0 aliphatic heterocycles. The number of hydrogen-bond donors (Lipinski definition) is 1. The number of rotatable bonds is 2. The molecule has 0 amide bonds. The molecule has 0 spiro atoms. The molecule has 0 unspecified atom stereocenters. The van der Waals surface area contributed by atoms with Crippen molar-refractivity contribution in [1.82, 2.24) is 9.97 Å². The third-order valence-corrected chi connectivity index (χ3v) is 3.20. The third-order valence-electron chi connectivity index (χ3n) is 3.20. The molecule has 0 saturated heterocycles. The van der Waals surface area contributed by atoms with E-state index in [9.17, 15) is 9.59 Å². The molecule has 5 nitrogen and oxygen atoms in total. The molecule has 21 heavy (non-hydrogen) atoms. The smallest absolute Gasteiger partial charge is 0.338 e. The Balaban J connectivity index is 2.27. The van der Waals surface area contributed by atoms with Gasteiger partial charge in [-0.05, 0) is 18.2 Å². The molecule has 2 aromatic carbocycles. The summed E-state index contributed by atoms with van der Waals surface area (Å²) in [5, 5.41) is 0.511. The lowest BCUT2D eigenvalue weighted by atomic mass is 10.1. The van der Waals surface area contributed by atoms with E-state index < -0.39 is 5.97 Å². The molecule has 0 bridgehead atoms. The number of H-pyrrole nitrogens is 1. The van der Waals surface area contributed by atoms with Gasteiger partial charge in [-0.3, -0.25) is 4.79 Å². The first kappa shape index (κ1) is 13.1. The fourth-order valence-corrected chi connectivity index (χ4v) is 2.19. The Morgan fingerprint density at radius 1 is 1.10 bits per heavy atom. The summed E-state index contributed by atoms with van der Waals surface area (Å²) in [6.07, 6.45) is 0. The zero-order chi connectivity index (χ0) is 14.8. The Morgan fingerprint density at radius 3 is 2.62 bits per heavy atom. The minimum atomic E-state index is -0.471. The second kappa shape index (κ2) is 5.20. The van der Waals surface area contributed by atoms with Crippen LogP contribution in [-0.2, 0) is 4.74 Å². The zero-order valence-electron chi connectivity index (χ0n) is 11.3. The van der Waals surface area contributed by atoms with Crippen LogP contribution in [-0.4, -0.2) is 23.0 Å². The summed E-state index contributed by atoms with van der Waals surface area (Å²) in [5.74, 6) is -0.124. The predicted molar refractivity (Wildman–Crippen MR) is 79.1 cm³/mol. The fourth-order valence-electron chi connectivity index (χ4n) is 2.19. The van der Waals surface area contributed by atoms with E-state index >= 15 is 0 Å². The van der Waals surface area contributed by atoms with Crippen LogP contribution in [0.3, 0.4) is 0 Å². The van der Waals surface area contributed by atoms with Crippen LogP contribution < -0.4 is 5.56 Å². The van der Waals surface area contributed by atoms with Gasteiger partial charge in [0.2, 0.25) is 0 Å². The zero-order valence-corrected chi connectivity index (χ0v) is 11.3. The highest BCUT2D eigenvalue weighted by molar-refractivity contribution is 5.96. The highest BCUT2D eigenvalue weighted by Gasteiger charge is 2.15. The maximum Gasteiger partial charge on any atom is 0.338 e. The topological polar surface area (TPSA) is 72.0 Å². The number of ether oxygens (including phenoxy) is 1. The van der Waals surface area contributed by atoms with Crippen molar-refractivity contribution in [2.24, 2.45) is 0 Å². The molecule has 3 rings (SSSR count). The van der Waals surface area contributed by atoms with E-state index in [1.54, 1.807) is 42.5 Å². The van der Waals surface area contributed by atoms with Gasteiger partial charge in [-0.15, -0.1) is 0 Å². The van der Waals surface area contributed by atoms with Crippen LogP contribution in [0.4, 0.5) is 0 Å². The van der Waals surface area contributed by atoms with Crippen molar-refractivity contribution in [1.29, 1.82) is 0 Å². The summed E-state index contributed by atoms with van der Waals surface area (Å²) in [6.45, 7) is 0. The average molecular weight is 280 g/mol. The summed E-state index contributed by atoms with van der Waals surface area (Å²) in [4.78, 5) is 31.1. The maximum atomic E-state index is 12.1. The number of benzene rings is 2. The third kappa shape index (κ3) is 2.29. The molecule has 1 N–H and O–H groups in total. The fraction of sp³-hybridized carbons (Fsp3) is 0.0625. The van der Waals surface area contributed by atoms with Gasteiger partial charge in [0.15, 0.2) is 0 Å². The number of aromatic amines is 1. The molecule has 104 valence electrons. The standard InChI is InChI=1S/C16H12N2O3/c1-21-16(20)11-7-3-2-6-10(11)14-17-13-9-5-4-8-12(13)15(19)18-14/h2-9H,1H3,(H,17,18,19). The Labute approximate surface area is 120 Å². The van der Waals surface area contributed by atoms with Crippen LogP contribution >= 0.6 is 0 Å². The molecule has 1 aromatic heterocycles. The van der Waals surface area contributed by atoms with Gasteiger partial charge in [0, 0.05) is 5.56 Å². The number of para-hydroxylation sites is 1. The number of carbonyl (C=O) groups excluding carboxylic acids is 1. The number of carbonyl (C=O) groups is 1. The quantitative estimate of drug-likeness (QED) is 0.731. The summed E-state index contributed by atoms with van der Waals surface area (Å²) >= 11 is 0. The molecule has 0 atom stereocenters. The molecular weight excluding hydrogens is 268 g/mol. The first-order valence-corrected chi connectivity index (χ1v) is 6.37. The summed E-state index contributed by atoms with van der Waals surface area (Å²) in [6, 6.07) is 13.9. The van der Waals surface area contributed by atoms with Crippen LogP contribution in [0.15, 0.2) is 53.3 Å². The first-order chi connectivity index (χ1) is 10.2. The number of aromatic nitrogens is 2. The SMILES string of the molecule is COC(=O)c1ccccc1-c1nc2ccccc2c(=O)[nH]1. The first-order valence-electron chi connectivity index (χ1n) is 6.37. The Morgan fingerprint density at radius 2 is 1.81 bits per heavy atom. The molecule has 0 aliphatic carbocycles. The van der Waals surface area contributed by atoms with Crippen LogP contribution in [0.2, 0.25) is 0 Å². The monoisotopic (exact) mass is 280 g/mol. The molecule has 0 aliphatic rings. The van der Waals surface area contributed by atoms with Crippen LogP contribution in [0, 0.1) is 0 Å². The molecule has 0 radical (unpaired) electrons. The van der Waals surface area contributed by atoms with Gasteiger partial charge in [-0.2, -0.15) is 0 Å². The minimum Gasteiger partial charge on any atom is -0.465 e. The van der Waals surface area contributed by atoms with E-state index in [0.717, 1.165) is 0 Å². The Kier molecular flexibility index (Phi) is 3.23. The van der Waals surface area contributed by atoms with E-state index in [-0.39, 0.29) is 5.56 Å². The van der Waals surface area contributed by atoms with Crippen molar-refractivity contribution in [3.8, 4) is 11.4 Å².